The molecule has 0 unspecified atom stereocenters. The Morgan fingerprint density at radius 2 is 1.39 bits per heavy atom. The van der Waals surface area contributed by atoms with Crippen molar-refractivity contribution in [3.05, 3.63) is 93.5 Å². The van der Waals surface area contributed by atoms with E-state index in [4.69, 9.17) is 0 Å². The molecule has 1 heterocycles. The number of rotatable bonds is 6. The van der Waals surface area contributed by atoms with Gasteiger partial charge in [0.2, 0.25) is 0 Å². The lowest BCUT2D eigenvalue weighted by atomic mass is 9.87. The average molecular weight is 487 g/mol. The smallest absolute Gasteiger partial charge is 0.293 e. The Hall–Kier alpha value is -4.20. The van der Waals surface area contributed by atoms with Crippen LogP contribution in [0.5, 0.6) is 0 Å². The van der Waals surface area contributed by atoms with Crippen LogP contribution in [-0.4, -0.2) is 29.8 Å². The average Bonchev–Trinajstić information content (AvgIpc) is 3.38. The molecule has 186 valence electrons. The van der Waals surface area contributed by atoms with Crippen LogP contribution in [0.2, 0.25) is 0 Å². The molecule has 4 rings (SSSR count). The van der Waals surface area contributed by atoms with Gasteiger partial charge in [-0.1, -0.05) is 39.0 Å². The highest BCUT2D eigenvalue weighted by molar-refractivity contribution is 6.07. The minimum absolute atomic E-state index is 0.00350. The number of nitrogens with zero attached hydrogens (tertiary/aromatic N) is 2. The molecule has 36 heavy (non-hydrogen) atoms. The van der Waals surface area contributed by atoms with Gasteiger partial charge in [0.25, 0.3) is 17.5 Å². The predicted octanol–water partition coefficient (Wildman–Crippen LogP) is 6.00. The molecule has 3 aromatic rings. The summed E-state index contributed by atoms with van der Waals surface area (Å²) in [4.78, 5) is 38.7. The van der Waals surface area contributed by atoms with Crippen LogP contribution < -0.4 is 15.5 Å². The molecule has 1 aliphatic heterocycles. The SMILES string of the molecule is CC(C)(C)c1ccc(C(=O)Nc2cccc(NC(=O)c3ccc(N4CCCC4)c([N+](=O)[O-])c3)c2)cc1. The van der Waals surface area contributed by atoms with E-state index < -0.39 is 10.8 Å². The first-order chi connectivity index (χ1) is 17.1. The quantitative estimate of drug-likeness (QED) is 0.329. The van der Waals surface area contributed by atoms with E-state index in [9.17, 15) is 19.7 Å². The van der Waals surface area contributed by atoms with Gasteiger partial charge in [-0.25, -0.2) is 0 Å². The number of carbonyl (C=O) groups excluding carboxylic acids is 2. The van der Waals surface area contributed by atoms with Gasteiger partial charge in [0.15, 0.2) is 0 Å². The summed E-state index contributed by atoms with van der Waals surface area (Å²) in [6.45, 7) is 7.88. The molecule has 3 aromatic carbocycles. The van der Waals surface area contributed by atoms with Gasteiger partial charge < -0.3 is 15.5 Å². The van der Waals surface area contributed by atoms with Gasteiger partial charge in [-0.05, 0) is 66.3 Å². The molecule has 2 N–H and O–H groups in total. The first-order valence-corrected chi connectivity index (χ1v) is 12.0. The van der Waals surface area contributed by atoms with Crippen molar-refractivity contribution >= 4 is 34.6 Å². The normalized spacial score (nSPS) is 13.4. The molecule has 1 saturated heterocycles. The third kappa shape index (κ3) is 5.71. The summed E-state index contributed by atoms with van der Waals surface area (Å²) in [7, 11) is 0. The number of benzene rings is 3. The minimum Gasteiger partial charge on any atom is -0.366 e. The largest absolute Gasteiger partial charge is 0.366 e. The van der Waals surface area contributed by atoms with Crippen LogP contribution in [0.3, 0.4) is 0 Å². The van der Waals surface area contributed by atoms with E-state index >= 15 is 0 Å². The standard InChI is InChI=1S/C28H30N4O4/c1-28(2,3)21-12-9-19(10-13-21)26(33)29-22-7-6-8-23(18-22)30-27(34)20-11-14-24(25(17-20)32(35)36)31-15-4-5-16-31/h6-14,17-18H,4-5,15-16H2,1-3H3,(H,29,33)(H,30,34). The molecule has 0 aromatic heterocycles. The number of nitrogens with one attached hydrogen (secondary N) is 2. The van der Waals surface area contributed by atoms with Crippen molar-refractivity contribution in [2.75, 3.05) is 28.6 Å². The molecular formula is C28H30N4O4. The van der Waals surface area contributed by atoms with Gasteiger partial charge in [-0.2, -0.15) is 0 Å². The molecule has 8 nitrogen and oxygen atoms in total. The molecule has 0 spiro atoms. The number of nitro benzene ring substituents is 1. The number of anilines is 3. The Morgan fingerprint density at radius 3 is 1.94 bits per heavy atom. The number of carbonyl (C=O) groups is 2. The summed E-state index contributed by atoms with van der Waals surface area (Å²) in [5.74, 6) is -0.723. The number of hydrogen-bond acceptors (Lipinski definition) is 5. The second-order valence-corrected chi connectivity index (χ2v) is 9.97. The fraction of sp³-hybridized carbons (Fsp3) is 0.286. The number of hydrogen-bond donors (Lipinski definition) is 2. The third-order valence-electron chi connectivity index (χ3n) is 6.27. The Labute approximate surface area is 210 Å². The van der Waals surface area contributed by atoms with Crippen LogP contribution in [0.1, 0.15) is 59.9 Å². The third-order valence-corrected chi connectivity index (χ3v) is 6.27. The summed E-state index contributed by atoms with van der Waals surface area (Å²) in [6.07, 6.45) is 1.99. The molecule has 0 saturated carbocycles. The van der Waals surface area contributed by atoms with E-state index in [1.54, 1.807) is 48.5 Å². The number of nitro groups is 1. The van der Waals surface area contributed by atoms with Gasteiger partial charge >= 0.3 is 0 Å². The maximum absolute atomic E-state index is 12.9. The van der Waals surface area contributed by atoms with Gasteiger partial charge in [0.05, 0.1) is 4.92 Å². The second-order valence-electron chi connectivity index (χ2n) is 9.97. The number of amides is 2. The van der Waals surface area contributed by atoms with E-state index in [2.05, 4.69) is 31.4 Å². The van der Waals surface area contributed by atoms with Crippen molar-refractivity contribution in [3.63, 3.8) is 0 Å². The van der Waals surface area contributed by atoms with Crippen molar-refractivity contribution in [3.8, 4) is 0 Å². The molecule has 2 amide bonds. The molecule has 0 atom stereocenters. The summed E-state index contributed by atoms with van der Waals surface area (Å²) in [5.41, 5.74) is 3.30. The molecule has 1 aliphatic rings. The monoisotopic (exact) mass is 486 g/mol. The summed E-state index contributed by atoms with van der Waals surface area (Å²) < 4.78 is 0. The highest BCUT2D eigenvalue weighted by Gasteiger charge is 2.24. The minimum atomic E-state index is -0.465. The zero-order valence-corrected chi connectivity index (χ0v) is 20.7. The molecule has 0 bridgehead atoms. The highest BCUT2D eigenvalue weighted by atomic mass is 16.6. The maximum atomic E-state index is 12.9. The highest BCUT2D eigenvalue weighted by Crippen LogP contribution is 2.32. The molecule has 0 aliphatic carbocycles. The van der Waals surface area contributed by atoms with Crippen molar-refractivity contribution < 1.29 is 14.5 Å². The van der Waals surface area contributed by atoms with Crippen molar-refractivity contribution in [2.24, 2.45) is 0 Å². The predicted molar refractivity (Wildman–Crippen MR) is 142 cm³/mol. The van der Waals surface area contributed by atoms with Gasteiger partial charge in [0, 0.05) is 41.7 Å². The van der Waals surface area contributed by atoms with Crippen LogP contribution in [-0.2, 0) is 5.41 Å². The fourth-order valence-corrected chi connectivity index (χ4v) is 4.24. The van der Waals surface area contributed by atoms with E-state index in [1.807, 2.05) is 17.0 Å². The lowest BCUT2D eigenvalue weighted by molar-refractivity contribution is -0.384. The van der Waals surface area contributed by atoms with Gasteiger partial charge in [0.1, 0.15) is 5.69 Å². The Kier molecular flexibility index (Phi) is 7.05. The first-order valence-electron chi connectivity index (χ1n) is 12.0. The Bertz CT molecular complexity index is 1290. The van der Waals surface area contributed by atoms with Crippen molar-refractivity contribution in [1.82, 2.24) is 0 Å². The Balaban J connectivity index is 1.46. The molecular weight excluding hydrogens is 456 g/mol. The second kappa shape index (κ2) is 10.2. The zero-order valence-electron chi connectivity index (χ0n) is 20.7. The molecule has 0 radical (unpaired) electrons. The first kappa shape index (κ1) is 24.9. The van der Waals surface area contributed by atoms with Gasteiger partial charge in [-0.15, -0.1) is 0 Å². The van der Waals surface area contributed by atoms with E-state index in [0.717, 1.165) is 31.5 Å². The molecule has 1 fully saturated rings. The molecule has 8 heteroatoms. The maximum Gasteiger partial charge on any atom is 0.293 e. The topological polar surface area (TPSA) is 105 Å². The van der Waals surface area contributed by atoms with E-state index in [1.165, 1.54) is 6.07 Å². The van der Waals surface area contributed by atoms with E-state index in [0.29, 0.717) is 22.6 Å². The van der Waals surface area contributed by atoms with Crippen LogP contribution in [0.15, 0.2) is 66.7 Å². The lowest BCUT2D eigenvalue weighted by Crippen LogP contribution is -2.20. The Morgan fingerprint density at radius 1 is 0.833 bits per heavy atom. The zero-order chi connectivity index (χ0) is 25.9. The van der Waals surface area contributed by atoms with Crippen LogP contribution in [0.4, 0.5) is 22.7 Å². The van der Waals surface area contributed by atoms with Crippen LogP contribution in [0.25, 0.3) is 0 Å². The van der Waals surface area contributed by atoms with Crippen LogP contribution in [0, 0.1) is 10.1 Å². The van der Waals surface area contributed by atoms with Crippen molar-refractivity contribution in [1.29, 1.82) is 0 Å². The summed E-state index contributed by atoms with van der Waals surface area (Å²) in [5, 5.41) is 17.3. The van der Waals surface area contributed by atoms with E-state index in [-0.39, 0.29) is 22.6 Å². The van der Waals surface area contributed by atoms with Gasteiger partial charge in [-0.3, -0.25) is 19.7 Å². The fourth-order valence-electron chi connectivity index (χ4n) is 4.24. The van der Waals surface area contributed by atoms with Crippen molar-refractivity contribution in [2.45, 2.75) is 39.0 Å². The summed E-state index contributed by atoms with van der Waals surface area (Å²) >= 11 is 0. The lowest BCUT2D eigenvalue weighted by Gasteiger charge is -2.19. The summed E-state index contributed by atoms with van der Waals surface area (Å²) in [6, 6.07) is 18.8. The van der Waals surface area contributed by atoms with Crippen LogP contribution >= 0.6 is 0 Å².